The van der Waals surface area contributed by atoms with Gasteiger partial charge in [-0.3, -0.25) is 19.5 Å². The van der Waals surface area contributed by atoms with Gasteiger partial charge in [-0.05, 0) is 30.4 Å². The van der Waals surface area contributed by atoms with Crippen molar-refractivity contribution < 1.29 is 9.59 Å². The van der Waals surface area contributed by atoms with Gasteiger partial charge in [0.1, 0.15) is 5.82 Å². The van der Waals surface area contributed by atoms with E-state index in [-0.39, 0.29) is 35.5 Å². The summed E-state index contributed by atoms with van der Waals surface area (Å²) in [6.07, 6.45) is 5.19. The number of amides is 2. The van der Waals surface area contributed by atoms with Crippen LogP contribution in [0.5, 0.6) is 0 Å². The van der Waals surface area contributed by atoms with Crippen molar-refractivity contribution in [2.45, 2.75) is 13.0 Å². The lowest BCUT2D eigenvalue weighted by atomic mass is 9.85. The number of nitrogens with one attached hydrogen (secondary N) is 2. The predicted octanol–water partition coefficient (Wildman–Crippen LogP) is 0.620. The number of imide groups is 1. The Labute approximate surface area is 171 Å². The summed E-state index contributed by atoms with van der Waals surface area (Å²) in [7, 11) is 5.60. The number of anilines is 1. The first-order valence-electron chi connectivity index (χ1n) is 10.1. The highest BCUT2D eigenvalue weighted by Gasteiger charge is 2.58. The van der Waals surface area contributed by atoms with Crippen LogP contribution in [0.4, 0.5) is 5.82 Å². The van der Waals surface area contributed by atoms with Gasteiger partial charge in [0, 0.05) is 34.2 Å². The highest BCUT2D eigenvalue weighted by Crippen LogP contribution is 2.52. The molecule has 0 aromatic carbocycles. The quantitative estimate of drug-likeness (QED) is 0.317. The number of hydrogen-bond acceptors (Lipinski definition) is 5. The fourth-order valence-corrected chi connectivity index (χ4v) is 4.68. The van der Waals surface area contributed by atoms with Crippen molar-refractivity contribution in [1.29, 1.82) is 0 Å². The van der Waals surface area contributed by atoms with E-state index in [9.17, 15) is 9.59 Å². The number of nitrogens with zero attached hydrogens (tertiary/aromatic N) is 4. The van der Waals surface area contributed by atoms with Crippen molar-refractivity contribution in [3.63, 3.8) is 0 Å². The standard InChI is InChI=1S/C21H28N6O2/c1-22-21(24-12-15-5-4-6-16(25-15)26(2)3)23-9-10-27-19(28)17-13-7-8-14(11-13)18(17)20(27)29/h4-8,13-14,17-18H,9-12H2,1-3H3,(H2,22,23,24). The monoisotopic (exact) mass is 396 g/mol. The van der Waals surface area contributed by atoms with Crippen LogP contribution in [-0.2, 0) is 16.1 Å². The van der Waals surface area contributed by atoms with Gasteiger partial charge in [0.15, 0.2) is 5.96 Å². The molecule has 2 aliphatic carbocycles. The molecule has 2 amide bonds. The van der Waals surface area contributed by atoms with Gasteiger partial charge in [0.25, 0.3) is 0 Å². The van der Waals surface area contributed by atoms with Crippen LogP contribution in [0.15, 0.2) is 35.3 Å². The molecule has 4 rings (SSSR count). The lowest BCUT2D eigenvalue weighted by Gasteiger charge is -2.19. The fraction of sp³-hybridized carbons (Fsp3) is 0.524. The van der Waals surface area contributed by atoms with Crippen molar-refractivity contribution in [2.75, 3.05) is 39.1 Å². The van der Waals surface area contributed by atoms with E-state index in [1.54, 1.807) is 7.05 Å². The molecular formula is C21H28N6O2. The lowest BCUT2D eigenvalue weighted by molar-refractivity contribution is -0.140. The smallest absolute Gasteiger partial charge is 0.233 e. The summed E-state index contributed by atoms with van der Waals surface area (Å²) in [5.41, 5.74) is 0.903. The molecule has 29 heavy (non-hydrogen) atoms. The van der Waals surface area contributed by atoms with Gasteiger partial charge in [0.05, 0.1) is 24.1 Å². The van der Waals surface area contributed by atoms with Gasteiger partial charge in [-0.15, -0.1) is 0 Å². The number of carbonyl (C=O) groups is 2. The molecule has 1 saturated carbocycles. The highest BCUT2D eigenvalue weighted by atomic mass is 16.2. The van der Waals surface area contributed by atoms with Crippen molar-refractivity contribution >= 4 is 23.6 Å². The molecule has 2 heterocycles. The molecule has 2 bridgehead atoms. The minimum atomic E-state index is -0.134. The fourth-order valence-electron chi connectivity index (χ4n) is 4.68. The first-order valence-corrected chi connectivity index (χ1v) is 10.1. The van der Waals surface area contributed by atoms with Crippen molar-refractivity contribution in [3.05, 3.63) is 36.0 Å². The number of likely N-dealkylation sites (tertiary alicyclic amines) is 1. The number of hydrogen-bond donors (Lipinski definition) is 2. The Hall–Kier alpha value is -2.90. The van der Waals surface area contributed by atoms with E-state index in [2.05, 4.69) is 32.8 Å². The highest BCUT2D eigenvalue weighted by molar-refractivity contribution is 6.06. The largest absolute Gasteiger partial charge is 0.363 e. The topological polar surface area (TPSA) is 89.9 Å². The second kappa shape index (κ2) is 7.85. The summed E-state index contributed by atoms with van der Waals surface area (Å²) < 4.78 is 0. The van der Waals surface area contributed by atoms with Crippen LogP contribution in [0.1, 0.15) is 12.1 Å². The molecule has 8 heteroatoms. The van der Waals surface area contributed by atoms with E-state index >= 15 is 0 Å². The van der Waals surface area contributed by atoms with Crippen LogP contribution in [0, 0.1) is 23.7 Å². The Kier molecular flexibility index (Phi) is 5.25. The average molecular weight is 396 g/mol. The summed E-state index contributed by atoms with van der Waals surface area (Å²) in [6, 6.07) is 5.88. The molecule has 1 aliphatic heterocycles. The second-order valence-corrected chi connectivity index (χ2v) is 8.06. The third kappa shape index (κ3) is 3.59. The molecule has 3 aliphatic rings. The number of aliphatic imine (C=N–C) groups is 1. The third-order valence-electron chi connectivity index (χ3n) is 6.10. The summed E-state index contributed by atoms with van der Waals surface area (Å²) in [5.74, 6) is 1.72. The Balaban J connectivity index is 1.27. The number of allylic oxidation sites excluding steroid dienone is 2. The molecular weight excluding hydrogens is 368 g/mol. The van der Waals surface area contributed by atoms with E-state index in [4.69, 9.17) is 0 Å². The summed E-state index contributed by atoms with van der Waals surface area (Å²) in [4.78, 5) is 37.6. The average Bonchev–Trinajstić information content (AvgIpc) is 3.40. The molecule has 4 unspecified atom stereocenters. The van der Waals surface area contributed by atoms with Crippen LogP contribution in [0.25, 0.3) is 0 Å². The molecule has 1 aromatic heterocycles. The molecule has 8 nitrogen and oxygen atoms in total. The first-order chi connectivity index (χ1) is 14.0. The lowest BCUT2D eigenvalue weighted by Crippen LogP contribution is -2.43. The molecule has 154 valence electrons. The van der Waals surface area contributed by atoms with Crippen LogP contribution < -0.4 is 15.5 Å². The number of rotatable bonds is 6. The van der Waals surface area contributed by atoms with Crippen molar-refractivity contribution in [3.8, 4) is 0 Å². The number of aromatic nitrogens is 1. The second-order valence-electron chi connectivity index (χ2n) is 8.06. The number of carbonyl (C=O) groups excluding carboxylic acids is 2. The van der Waals surface area contributed by atoms with Gasteiger partial charge in [-0.1, -0.05) is 18.2 Å². The van der Waals surface area contributed by atoms with Crippen molar-refractivity contribution in [2.24, 2.45) is 28.7 Å². The van der Waals surface area contributed by atoms with E-state index in [0.717, 1.165) is 17.9 Å². The maximum absolute atomic E-state index is 12.7. The SMILES string of the molecule is CN=C(NCCN1C(=O)C2C3C=CC(C3)C2C1=O)NCc1cccc(N(C)C)n1. The number of fused-ring (bicyclic) bond motifs is 5. The molecule has 0 radical (unpaired) electrons. The summed E-state index contributed by atoms with van der Waals surface area (Å²) >= 11 is 0. The molecule has 0 spiro atoms. The first kappa shape index (κ1) is 19.4. The molecule has 4 atom stereocenters. The van der Waals surface area contributed by atoms with Gasteiger partial charge in [0.2, 0.25) is 11.8 Å². The maximum Gasteiger partial charge on any atom is 0.233 e. The Morgan fingerprint density at radius 3 is 2.48 bits per heavy atom. The van der Waals surface area contributed by atoms with E-state index in [1.165, 1.54) is 4.90 Å². The molecule has 1 saturated heterocycles. The zero-order valence-corrected chi connectivity index (χ0v) is 17.1. The predicted molar refractivity (Wildman–Crippen MR) is 111 cm³/mol. The van der Waals surface area contributed by atoms with E-state index in [1.807, 2.05) is 37.2 Å². The van der Waals surface area contributed by atoms with Crippen LogP contribution in [-0.4, -0.2) is 61.9 Å². The molecule has 1 aromatic rings. The minimum absolute atomic E-state index is 0.00806. The normalized spacial score (nSPS) is 27.6. The number of guanidine groups is 1. The molecule has 2 fully saturated rings. The van der Waals surface area contributed by atoms with E-state index < -0.39 is 0 Å². The van der Waals surface area contributed by atoms with Crippen LogP contribution in [0.3, 0.4) is 0 Å². The van der Waals surface area contributed by atoms with Crippen molar-refractivity contribution in [1.82, 2.24) is 20.5 Å². The summed E-state index contributed by atoms with van der Waals surface area (Å²) in [5, 5.41) is 6.41. The van der Waals surface area contributed by atoms with E-state index in [0.29, 0.717) is 25.6 Å². The number of pyridine rings is 1. The Morgan fingerprint density at radius 2 is 1.86 bits per heavy atom. The van der Waals surface area contributed by atoms with Crippen LogP contribution in [0.2, 0.25) is 0 Å². The van der Waals surface area contributed by atoms with Crippen LogP contribution >= 0.6 is 0 Å². The molecule has 2 N–H and O–H groups in total. The van der Waals surface area contributed by atoms with Gasteiger partial charge >= 0.3 is 0 Å². The zero-order valence-electron chi connectivity index (χ0n) is 17.1. The zero-order chi connectivity index (χ0) is 20.5. The third-order valence-corrected chi connectivity index (χ3v) is 6.10. The van der Waals surface area contributed by atoms with Gasteiger partial charge < -0.3 is 15.5 Å². The Bertz CT molecular complexity index is 834. The maximum atomic E-state index is 12.7. The van der Waals surface area contributed by atoms with Gasteiger partial charge in [-0.25, -0.2) is 4.98 Å². The Morgan fingerprint density at radius 1 is 1.17 bits per heavy atom. The minimum Gasteiger partial charge on any atom is -0.363 e. The summed E-state index contributed by atoms with van der Waals surface area (Å²) in [6.45, 7) is 1.35. The van der Waals surface area contributed by atoms with Gasteiger partial charge in [-0.2, -0.15) is 0 Å².